The molecule has 0 aliphatic heterocycles. The number of carbonyl (C=O) groups excluding carboxylic acids is 3. The Kier molecular flexibility index (Phi) is 12.6. The summed E-state index contributed by atoms with van der Waals surface area (Å²) >= 11 is 0. The largest absolute Gasteiger partial charge is 0.456 e. The standard InChI is InChI=1S/C24H34N2O5/c1-4-6-8-14-23(29)31-21(19-12-9-7-10-13-19)16-25-24(30)20(11-5-2)15-22(28)26-18(3)17-27/h4-5,7,9-10,12-13,18,20-21,27H,1-2,6,8,11,14-17H2,3H3,(H,25,30)(H,26,28)/t18-,20+,21+/m0/s1. The monoisotopic (exact) mass is 430 g/mol. The van der Waals surface area contributed by atoms with Gasteiger partial charge in [0.25, 0.3) is 0 Å². The van der Waals surface area contributed by atoms with Gasteiger partial charge in [0.15, 0.2) is 0 Å². The van der Waals surface area contributed by atoms with Crippen LogP contribution in [0.2, 0.25) is 0 Å². The molecule has 7 heteroatoms. The van der Waals surface area contributed by atoms with E-state index in [1.54, 1.807) is 19.1 Å². The molecule has 0 bridgehead atoms. The smallest absolute Gasteiger partial charge is 0.306 e. The zero-order valence-electron chi connectivity index (χ0n) is 18.2. The summed E-state index contributed by atoms with van der Waals surface area (Å²) in [5, 5.41) is 14.5. The molecule has 0 aromatic heterocycles. The summed E-state index contributed by atoms with van der Waals surface area (Å²) in [4.78, 5) is 37.0. The number of hydrogen-bond donors (Lipinski definition) is 3. The first-order chi connectivity index (χ1) is 14.9. The number of unbranched alkanes of at least 4 members (excludes halogenated alkanes) is 1. The molecular formula is C24H34N2O5. The van der Waals surface area contributed by atoms with Gasteiger partial charge in [-0.2, -0.15) is 0 Å². The van der Waals surface area contributed by atoms with Crippen molar-refractivity contribution in [1.29, 1.82) is 0 Å². The summed E-state index contributed by atoms with van der Waals surface area (Å²) < 4.78 is 5.61. The summed E-state index contributed by atoms with van der Waals surface area (Å²) in [7, 11) is 0. The number of ether oxygens (including phenoxy) is 1. The lowest BCUT2D eigenvalue weighted by Gasteiger charge is -2.21. The lowest BCUT2D eigenvalue weighted by atomic mass is 9.99. The fourth-order valence-corrected chi connectivity index (χ4v) is 2.93. The van der Waals surface area contributed by atoms with Crippen molar-refractivity contribution in [3.05, 3.63) is 61.2 Å². The third-order valence-corrected chi connectivity index (χ3v) is 4.63. The van der Waals surface area contributed by atoms with Crippen LogP contribution in [0.25, 0.3) is 0 Å². The average molecular weight is 431 g/mol. The lowest BCUT2D eigenvalue weighted by molar-refractivity contribution is -0.150. The molecule has 7 nitrogen and oxygen atoms in total. The Bertz CT molecular complexity index is 720. The quantitative estimate of drug-likeness (QED) is 0.225. The number of rotatable bonds is 15. The molecule has 31 heavy (non-hydrogen) atoms. The van der Waals surface area contributed by atoms with Crippen LogP contribution in [0.5, 0.6) is 0 Å². The van der Waals surface area contributed by atoms with Crippen molar-refractivity contribution in [2.45, 2.75) is 51.2 Å². The number of carbonyl (C=O) groups is 3. The van der Waals surface area contributed by atoms with Gasteiger partial charge >= 0.3 is 5.97 Å². The van der Waals surface area contributed by atoms with E-state index in [-0.39, 0.29) is 49.8 Å². The molecule has 3 N–H and O–H groups in total. The molecular weight excluding hydrogens is 396 g/mol. The van der Waals surface area contributed by atoms with Crippen LogP contribution in [0.1, 0.15) is 50.7 Å². The summed E-state index contributed by atoms with van der Waals surface area (Å²) in [5.74, 6) is -1.60. The molecule has 0 saturated carbocycles. The third kappa shape index (κ3) is 10.6. The van der Waals surface area contributed by atoms with Crippen LogP contribution < -0.4 is 10.6 Å². The van der Waals surface area contributed by atoms with E-state index >= 15 is 0 Å². The second-order valence-electron chi connectivity index (χ2n) is 7.39. The minimum absolute atomic E-state index is 0.0282. The summed E-state index contributed by atoms with van der Waals surface area (Å²) in [5.41, 5.74) is 0.773. The van der Waals surface area contributed by atoms with Crippen LogP contribution in [0.4, 0.5) is 0 Å². The van der Waals surface area contributed by atoms with E-state index in [2.05, 4.69) is 23.8 Å². The Morgan fingerprint density at radius 2 is 1.87 bits per heavy atom. The number of benzene rings is 1. The predicted molar refractivity (Wildman–Crippen MR) is 120 cm³/mol. The number of allylic oxidation sites excluding steroid dienone is 2. The lowest BCUT2D eigenvalue weighted by Crippen LogP contribution is -2.40. The van der Waals surface area contributed by atoms with Crippen molar-refractivity contribution in [2.75, 3.05) is 13.2 Å². The van der Waals surface area contributed by atoms with Crippen molar-refractivity contribution >= 4 is 17.8 Å². The van der Waals surface area contributed by atoms with Gasteiger partial charge in [-0.3, -0.25) is 14.4 Å². The number of hydrogen-bond acceptors (Lipinski definition) is 5. The van der Waals surface area contributed by atoms with Crippen LogP contribution >= 0.6 is 0 Å². The molecule has 0 saturated heterocycles. The van der Waals surface area contributed by atoms with Gasteiger partial charge in [-0.1, -0.05) is 42.5 Å². The van der Waals surface area contributed by atoms with Crippen molar-refractivity contribution < 1.29 is 24.2 Å². The van der Waals surface area contributed by atoms with Crippen LogP contribution in [0.15, 0.2) is 55.6 Å². The molecule has 0 radical (unpaired) electrons. The number of aliphatic hydroxyl groups excluding tert-OH is 1. The van der Waals surface area contributed by atoms with Crippen molar-refractivity contribution in [3.63, 3.8) is 0 Å². The van der Waals surface area contributed by atoms with Gasteiger partial charge in [-0.05, 0) is 31.7 Å². The van der Waals surface area contributed by atoms with Crippen molar-refractivity contribution in [1.82, 2.24) is 10.6 Å². The van der Waals surface area contributed by atoms with Crippen molar-refractivity contribution in [3.8, 4) is 0 Å². The SMILES string of the molecule is C=CCCCC(=O)O[C@H](CNC(=O)[C@H](CC=C)CC(=O)N[C@@H](C)CO)c1ccccc1. The highest BCUT2D eigenvalue weighted by atomic mass is 16.5. The van der Waals surface area contributed by atoms with E-state index in [0.29, 0.717) is 12.8 Å². The first kappa shape index (κ1) is 26.1. The molecule has 1 aromatic carbocycles. The summed E-state index contributed by atoms with van der Waals surface area (Å²) in [6.07, 6.45) is 4.64. The summed E-state index contributed by atoms with van der Waals surface area (Å²) in [6, 6.07) is 8.81. The Balaban J connectivity index is 2.75. The van der Waals surface area contributed by atoms with E-state index in [0.717, 1.165) is 12.0 Å². The fraction of sp³-hybridized carbons (Fsp3) is 0.458. The van der Waals surface area contributed by atoms with Gasteiger partial charge in [0, 0.05) is 18.9 Å². The van der Waals surface area contributed by atoms with Crippen molar-refractivity contribution in [2.24, 2.45) is 5.92 Å². The Morgan fingerprint density at radius 3 is 2.48 bits per heavy atom. The number of nitrogens with one attached hydrogen (secondary N) is 2. The van der Waals surface area contributed by atoms with Crippen LogP contribution in [-0.4, -0.2) is 42.1 Å². The van der Waals surface area contributed by atoms with Gasteiger partial charge in [-0.15, -0.1) is 13.2 Å². The average Bonchev–Trinajstić information content (AvgIpc) is 2.76. The highest BCUT2D eigenvalue weighted by molar-refractivity contribution is 5.86. The molecule has 0 fully saturated rings. The fourth-order valence-electron chi connectivity index (χ4n) is 2.93. The maximum atomic E-state index is 12.7. The molecule has 0 aliphatic carbocycles. The van der Waals surface area contributed by atoms with Gasteiger partial charge in [0.05, 0.1) is 19.1 Å². The van der Waals surface area contributed by atoms with E-state index in [1.165, 1.54) is 0 Å². The van der Waals surface area contributed by atoms with Crippen LogP contribution in [0.3, 0.4) is 0 Å². The second-order valence-corrected chi connectivity index (χ2v) is 7.39. The molecule has 2 amide bonds. The highest BCUT2D eigenvalue weighted by Gasteiger charge is 2.24. The highest BCUT2D eigenvalue weighted by Crippen LogP contribution is 2.19. The molecule has 0 unspecified atom stereocenters. The zero-order valence-corrected chi connectivity index (χ0v) is 18.2. The maximum Gasteiger partial charge on any atom is 0.306 e. The predicted octanol–water partition coefficient (Wildman–Crippen LogP) is 2.82. The first-order valence-corrected chi connectivity index (χ1v) is 10.5. The number of esters is 1. The molecule has 170 valence electrons. The molecule has 0 heterocycles. The topological polar surface area (TPSA) is 105 Å². The Morgan fingerprint density at radius 1 is 1.16 bits per heavy atom. The Hall–Kier alpha value is -2.93. The summed E-state index contributed by atoms with van der Waals surface area (Å²) in [6.45, 7) is 8.89. The van der Waals surface area contributed by atoms with Gasteiger partial charge in [-0.25, -0.2) is 0 Å². The van der Waals surface area contributed by atoms with E-state index in [9.17, 15) is 14.4 Å². The van der Waals surface area contributed by atoms with E-state index < -0.39 is 12.0 Å². The third-order valence-electron chi connectivity index (χ3n) is 4.63. The van der Waals surface area contributed by atoms with Crippen LogP contribution in [0, 0.1) is 5.92 Å². The molecule has 3 atom stereocenters. The second kappa shape index (κ2) is 15.0. The van der Waals surface area contributed by atoms with Gasteiger partial charge in [0.2, 0.25) is 11.8 Å². The Labute approximate surface area is 184 Å². The van der Waals surface area contributed by atoms with E-state index in [4.69, 9.17) is 9.84 Å². The van der Waals surface area contributed by atoms with Crippen LogP contribution in [-0.2, 0) is 19.1 Å². The first-order valence-electron chi connectivity index (χ1n) is 10.5. The molecule has 1 aromatic rings. The maximum absolute atomic E-state index is 12.7. The molecule has 0 spiro atoms. The minimum atomic E-state index is -0.631. The van der Waals surface area contributed by atoms with Gasteiger partial charge in [0.1, 0.15) is 6.10 Å². The van der Waals surface area contributed by atoms with E-state index in [1.807, 2.05) is 30.3 Å². The normalized spacial score (nSPS) is 13.4. The van der Waals surface area contributed by atoms with Gasteiger partial charge < -0.3 is 20.5 Å². The zero-order chi connectivity index (χ0) is 23.1. The minimum Gasteiger partial charge on any atom is -0.456 e. The number of aliphatic hydroxyl groups is 1. The molecule has 1 rings (SSSR count). The number of amides is 2. The molecule has 0 aliphatic rings.